The van der Waals surface area contributed by atoms with Gasteiger partial charge in [0.05, 0.1) is 0 Å². The quantitative estimate of drug-likeness (QED) is 0.219. The van der Waals surface area contributed by atoms with Crippen molar-refractivity contribution in [3.05, 3.63) is 64.7 Å². The molecule has 0 aromatic heterocycles. The molecule has 1 atom stereocenters. The summed E-state index contributed by atoms with van der Waals surface area (Å²) in [6.45, 7) is 14.0. The van der Waals surface area contributed by atoms with Crippen molar-refractivity contribution >= 4 is 29.0 Å². The molecule has 0 spiro atoms. The number of alkyl halides is 2. The number of carbonyl (C=O) groups excluding carboxylic acids is 1. The molecule has 0 fully saturated rings. The topological polar surface area (TPSA) is 38.3 Å². The molecule has 0 amide bonds. The highest BCUT2D eigenvalue weighted by atomic mass is 35.5. The molecule has 3 rings (SSSR count). The maximum Gasteiger partial charge on any atom is 0.183 e. The molecule has 1 N–H and O–H groups in total. The second-order valence-corrected chi connectivity index (χ2v) is 12.6. The lowest BCUT2D eigenvalue weighted by molar-refractivity contribution is 0.0954. The summed E-state index contributed by atoms with van der Waals surface area (Å²) in [5.74, 6) is 0.689. The number of nitrogens with one attached hydrogen (secondary N) is 1. The molecule has 2 aromatic carbocycles. The zero-order chi connectivity index (χ0) is 23.2. The smallest absolute Gasteiger partial charge is 0.183 e. The van der Waals surface area contributed by atoms with Crippen LogP contribution in [0.3, 0.4) is 0 Å². The van der Waals surface area contributed by atoms with Crippen LogP contribution in [0, 0.1) is 0 Å². The number of Topliss-reactive ketones (excluding diaryl/α,β-unsaturated/α-hetero) is 1. The van der Waals surface area contributed by atoms with E-state index in [1.165, 1.54) is 16.7 Å². The summed E-state index contributed by atoms with van der Waals surface area (Å²) in [5.41, 5.74) is 7.21. The first-order chi connectivity index (χ1) is 14.1. The average molecular weight is 462 g/mol. The fraction of sp³-hybridized carbons (Fsp3) is 0.500. The Balaban J connectivity index is 1.88. The molecule has 0 radical (unpaired) electrons. The lowest BCUT2D eigenvalue weighted by atomic mass is 9.59. The second-order valence-electron chi connectivity index (χ2n) is 10.7. The van der Waals surface area contributed by atoms with Gasteiger partial charge >= 0.3 is 0 Å². The van der Waals surface area contributed by atoms with Crippen molar-refractivity contribution in [1.29, 1.82) is 0 Å². The summed E-state index contributed by atoms with van der Waals surface area (Å²) >= 11 is 12.4. The SMILES string of the molecule is CC(C)(Cl)NOc1ccc(C2(C)Cc3ccc(C(=O)C(C)(C)Cl)cc3C(C)(C)C2)cc1. The molecule has 168 valence electrons. The van der Waals surface area contributed by atoms with Crippen LogP contribution in [-0.4, -0.2) is 15.7 Å². The molecule has 2 aromatic rings. The van der Waals surface area contributed by atoms with Crippen molar-refractivity contribution in [1.82, 2.24) is 5.48 Å². The third kappa shape index (κ3) is 5.45. The third-order valence-corrected chi connectivity index (χ3v) is 6.27. The summed E-state index contributed by atoms with van der Waals surface area (Å²) < 4.78 is 0. The van der Waals surface area contributed by atoms with Gasteiger partial charge in [0.2, 0.25) is 0 Å². The maximum atomic E-state index is 12.7. The Kier molecular flexibility index (Phi) is 6.30. The first kappa shape index (κ1) is 24.1. The number of hydrogen-bond acceptors (Lipinski definition) is 3. The van der Waals surface area contributed by atoms with Crippen LogP contribution in [0.2, 0.25) is 0 Å². The molecule has 0 aliphatic heterocycles. The second kappa shape index (κ2) is 8.10. The molecule has 0 saturated heterocycles. The van der Waals surface area contributed by atoms with Gasteiger partial charge in [0.25, 0.3) is 0 Å². The van der Waals surface area contributed by atoms with Crippen LogP contribution >= 0.6 is 23.2 Å². The first-order valence-corrected chi connectivity index (χ1v) is 11.5. The van der Waals surface area contributed by atoms with Crippen molar-refractivity contribution in [2.45, 2.75) is 82.0 Å². The fourth-order valence-electron chi connectivity index (χ4n) is 4.71. The van der Waals surface area contributed by atoms with Gasteiger partial charge in [0.15, 0.2) is 5.78 Å². The van der Waals surface area contributed by atoms with Crippen LogP contribution in [0.5, 0.6) is 5.75 Å². The Hall–Kier alpha value is -1.55. The Bertz CT molecular complexity index is 968. The van der Waals surface area contributed by atoms with Gasteiger partial charge in [0, 0.05) is 5.56 Å². The molecule has 31 heavy (non-hydrogen) atoms. The van der Waals surface area contributed by atoms with Crippen molar-refractivity contribution in [2.24, 2.45) is 0 Å². The number of carbonyl (C=O) groups is 1. The van der Waals surface area contributed by atoms with Gasteiger partial charge in [-0.25, -0.2) is 0 Å². The highest BCUT2D eigenvalue weighted by molar-refractivity contribution is 6.37. The molecule has 0 bridgehead atoms. The van der Waals surface area contributed by atoms with Crippen LogP contribution in [0.15, 0.2) is 42.5 Å². The van der Waals surface area contributed by atoms with Gasteiger partial charge in [-0.1, -0.05) is 56.6 Å². The van der Waals surface area contributed by atoms with E-state index >= 15 is 0 Å². The van der Waals surface area contributed by atoms with E-state index in [1.807, 2.05) is 32.0 Å². The Morgan fingerprint density at radius 2 is 1.61 bits per heavy atom. The maximum absolute atomic E-state index is 12.7. The number of benzene rings is 2. The van der Waals surface area contributed by atoms with Gasteiger partial charge in [-0.05, 0) is 86.3 Å². The van der Waals surface area contributed by atoms with Crippen LogP contribution in [0.25, 0.3) is 0 Å². The lowest BCUT2D eigenvalue weighted by Crippen LogP contribution is -2.40. The molecule has 1 unspecified atom stereocenters. The van der Waals surface area contributed by atoms with Gasteiger partial charge in [0.1, 0.15) is 15.6 Å². The zero-order valence-corrected chi connectivity index (χ0v) is 21.0. The molecule has 1 aliphatic rings. The van der Waals surface area contributed by atoms with Gasteiger partial charge in [-0.2, -0.15) is 0 Å². The molecular formula is C26H33Cl2NO2. The van der Waals surface area contributed by atoms with Gasteiger partial charge < -0.3 is 4.84 Å². The van der Waals surface area contributed by atoms with Crippen molar-refractivity contribution in [3.63, 3.8) is 0 Å². The monoisotopic (exact) mass is 461 g/mol. The summed E-state index contributed by atoms with van der Waals surface area (Å²) in [6, 6.07) is 14.3. The first-order valence-electron chi connectivity index (χ1n) is 10.7. The molecular weight excluding hydrogens is 429 g/mol. The Morgan fingerprint density at radius 3 is 2.16 bits per heavy atom. The summed E-state index contributed by atoms with van der Waals surface area (Å²) in [4.78, 5) is 16.7. The normalized spacial score (nSPS) is 20.8. The molecule has 0 saturated carbocycles. The zero-order valence-electron chi connectivity index (χ0n) is 19.5. The number of rotatable bonds is 6. The minimum atomic E-state index is -0.904. The van der Waals surface area contributed by atoms with E-state index in [4.69, 9.17) is 28.0 Å². The highest BCUT2D eigenvalue weighted by Crippen LogP contribution is 2.48. The molecule has 1 aliphatic carbocycles. The third-order valence-electron chi connectivity index (χ3n) is 6.02. The largest absolute Gasteiger partial charge is 0.407 e. The van der Waals surface area contributed by atoms with Crippen molar-refractivity contribution < 1.29 is 9.63 Å². The molecule has 0 heterocycles. The van der Waals surface area contributed by atoms with Crippen LogP contribution in [0.4, 0.5) is 0 Å². The number of halogens is 2. The number of ketones is 1. The Morgan fingerprint density at radius 1 is 1.00 bits per heavy atom. The van der Waals surface area contributed by atoms with E-state index in [1.54, 1.807) is 13.8 Å². The number of hydroxylamine groups is 1. The van der Waals surface area contributed by atoms with E-state index in [2.05, 4.69) is 50.5 Å². The van der Waals surface area contributed by atoms with E-state index in [0.29, 0.717) is 5.56 Å². The Labute approximate surface area is 196 Å². The predicted molar refractivity (Wildman–Crippen MR) is 130 cm³/mol. The minimum Gasteiger partial charge on any atom is -0.407 e. The molecule has 5 heteroatoms. The van der Waals surface area contributed by atoms with E-state index < -0.39 is 9.87 Å². The van der Waals surface area contributed by atoms with E-state index in [-0.39, 0.29) is 16.6 Å². The van der Waals surface area contributed by atoms with Crippen LogP contribution in [-0.2, 0) is 17.3 Å². The van der Waals surface area contributed by atoms with Crippen LogP contribution < -0.4 is 10.3 Å². The summed E-state index contributed by atoms with van der Waals surface area (Å²) in [5, 5.41) is 0. The van der Waals surface area contributed by atoms with Crippen molar-refractivity contribution in [2.75, 3.05) is 0 Å². The standard InChI is InChI=1S/C26H33Cl2NO2/c1-23(2)16-26(7,19-10-12-20(13-11-19)31-29-25(5,6)28)15-18-9-8-17(14-21(18)23)22(30)24(3,4)27/h8-14,29H,15-16H2,1-7H3. The average Bonchev–Trinajstić information content (AvgIpc) is 2.64. The number of fused-ring (bicyclic) bond motifs is 1. The minimum absolute atomic E-state index is 0.0223. The lowest BCUT2D eigenvalue weighted by Gasteiger charge is -2.45. The fourth-order valence-corrected chi connectivity index (χ4v) is 4.86. The van der Waals surface area contributed by atoms with Crippen molar-refractivity contribution in [3.8, 4) is 5.75 Å². The highest BCUT2D eigenvalue weighted by Gasteiger charge is 2.41. The number of hydrogen-bond donors (Lipinski definition) is 1. The van der Waals surface area contributed by atoms with Crippen LogP contribution in [0.1, 0.15) is 81.9 Å². The van der Waals surface area contributed by atoms with Gasteiger partial charge in [-0.15, -0.1) is 17.1 Å². The summed E-state index contributed by atoms with van der Waals surface area (Å²) in [7, 11) is 0. The van der Waals surface area contributed by atoms with Gasteiger partial charge in [-0.3, -0.25) is 4.79 Å². The predicted octanol–water partition coefficient (Wildman–Crippen LogP) is 6.93. The van der Waals surface area contributed by atoms with E-state index in [0.717, 1.165) is 18.6 Å². The summed E-state index contributed by atoms with van der Waals surface area (Å²) in [6.07, 6.45) is 1.89. The van der Waals surface area contributed by atoms with E-state index in [9.17, 15) is 4.79 Å². The molecule has 3 nitrogen and oxygen atoms in total.